The molecule has 0 saturated heterocycles. The fourth-order valence-corrected chi connectivity index (χ4v) is 3.47. The summed E-state index contributed by atoms with van der Waals surface area (Å²) in [6.45, 7) is 1.67. The first-order valence-corrected chi connectivity index (χ1v) is 8.23. The smallest absolute Gasteiger partial charge is 0.418 e. The van der Waals surface area contributed by atoms with Crippen molar-refractivity contribution in [3.05, 3.63) is 59.0 Å². The molecule has 0 bridgehead atoms. The summed E-state index contributed by atoms with van der Waals surface area (Å²) >= 11 is 0. The number of nitriles is 1. The molecule has 0 spiro atoms. The molecule has 0 amide bonds. The number of nitrogens with zero attached hydrogens (tertiary/aromatic N) is 2. The molecule has 0 radical (unpaired) electrons. The number of aromatic amines is 2. The Morgan fingerprint density at radius 3 is 2.64 bits per heavy atom. The molecule has 5 N–H and O–H groups in total. The number of hydrogen-bond acceptors (Lipinski definition) is 4. The van der Waals surface area contributed by atoms with Crippen LogP contribution in [0.15, 0.2) is 36.5 Å². The van der Waals surface area contributed by atoms with E-state index in [-0.39, 0.29) is 22.0 Å². The number of phenolic OH excluding ortho intramolecular Hbond substituents is 1. The molecule has 6 nitrogen and oxygen atoms in total. The number of imidazole rings is 1. The number of rotatable bonds is 2. The molecule has 1 atom stereocenters. The first-order valence-electron chi connectivity index (χ1n) is 8.23. The summed E-state index contributed by atoms with van der Waals surface area (Å²) in [5, 5.41) is 19.6. The van der Waals surface area contributed by atoms with Crippen molar-refractivity contribution in [1.82, 2.24) is 15.0 Å². The summed E-state index contributed by atoms with van der Waals surface area (Å²) in [7, 11) is 0. The molecule has 2 heterocycles. The maximum absolute atomic E-state index is 14.3. The van der Waals surface area contributed by atoms with Crippen LogP contribution in [-0.4, -0.2) is 26.2 Å². The molecule has 0 aliphatic rings. The highest BCUT2D eigenvalue weighted by molar-refractivity contribution is 5.90. The lowest BCUT2D eigenvalue weighted by molar-refractivity contribution is -0.178. The normalized spacial score (nSPS) is 14.3. The van der Waals surface area contributed by atoms with Crippen molar-refractivity contribution in [3.63, 3.8) is 0 Å². The van der Waals surface area contributed by atoms with E-state index in [1.165, 1.54) is 36.5 Å². The maximum atomic E-state index is 14.3. The van der Waals surface area contributed by atoms with E-state index < -0.39 is 28.9 Å². The second kappa shape index (κ2) is 5.74. The number of aryl methyl sites for hydroxylation is 1. The second-order valence-corrected chi connectivity index (χ2v) is 6.59. The molecule has 0 saturated carbocycles. The van der Waals surface area contributed by atoms with Gasteiger partial charge in [0.05, 0.1) is 22.7 Å². The van der Waals surface area contributed by atoms with Crippen LogP contribution in [-0.2, 0) is 5.54 Å². The summed E-state index contributed by atoms with van der Waals surface area (Å²) in [5.41, 5.74) is 4.12. The number of hydrogen-bond donors (Lipinski definition) is 4. The number of phenols is 1. The average Bonchev–Trinajstić information content (AvgIpc) is 3.26. The number of benzene rings is 2. The molecule has 142 valence electrons. The van der Waals surface area contributed by atoms with E-state index in [4.69, 9.17) is 11.0 Å². The lowest BCUT2D eigenvalue weighted by atomic mass is 9.85. The number of H-pyrrole nitrogens is 2. The second-order valence-electron chi connectivity index (χ2n) is 6.59. The molecule has 2 aromatic heterocycles. The predicted molar refractivity (Wildman–Crippen MR) is 96.5 cm³/mol. The van der Waals surface area contributed by atoms with Crippen molar-refractivity contribution < 1.29 is 18.3 Å². The Bertz CT molecular complexity index is 1260. The minimum absolute atomic E-state index is 0.149. The fraction of sp³-hybridized carbons (Fsp3) is 0.158. The molecular weight excluding hydrogens is 371 g/mol. The van der Waals surface area contributed by atoms with Crippen LogP contribution in [0.2, 0.25) is 0 Å². The van der Waals surface area contributed by atoms with Gasteiger partial charge in [0.25, 0.3) is 0 Å². The number of aromatic nitrogens is 3. The molecule has 0 aliphatic heterocycles. The summed E-state index contributed by atoms with van der Waals surface area (Å²) in [4.78, 5) is 9.48. The van der Waals surface area contributed by atoms with E-state index in [1.807, 2.05) is 6.07 Å². The van der Waals surface area contributed by atoms with Crippen LogP contribution in [0.1, 0.15) is 22.5 Å². The zero-order valence-electron chi connectivity index (χ0n) is 14.5. The van der Waals surface area contributed by atoms with Crippen molar-refractivity contribution in [3.8, 4) is 11.8 Å². The Labute approximate surface area is 156 Å². The SMILES string of the molecule is Cc1cc(O)c(C(N)(c2nc3ccc(C#N)cc3[nH]2)C(F)(F)F)c2cc[nH]c12. The summed E-state index contributed by atoms with van der Waals surface area (Å²) in [6.07, 6.45) is -3.49. The van der Waals surface area contributed by atoms with E-state index in [9.17, 15) is 18.3 Å². The Balaban J connectivity index is 2.08. The van der Waals surface area contributed by atoms with E-state index in [0.29, 0.717) is 11.1 Å². The van der Waals surface area contributed by atoms with Gasteiger partial charge in [-0.05, 0) is 42.8 Å². The molecule has 4 aromatic rings. The molecular formula is C19H14F3N5O. The van der Waals surface area contributed by atoms with Crippen LogP contribution >= 0.6 is 0 Å². The molecule has 0 fully saturated rings. The monoisotopic (exact) mass is 385 g/mol. The first kappa shape index (κ1) is 17.9. The van der Waals surface area contributed by atoms with Gasteiger partial charge in [-0.25, -0.2) is 4.98 Å². The van der Waals surface area contributed by atoms with Crippen LogP contribution in [0.3, 0.4) is 0 Å². The number of fused-ring (bicyclic) bond motifs is 2. The largest absolute Gasteiger partial charge is 0.508 e. The molecule has 9 heteroatoms. The summed E-state index contributed by atoms with van der Waals surface area (Å²) in [6, 6.07) is 8.86. The predicted octanol–water partition coefficient (Wildman–Crippen LogP) is 3.69. The third kappa shape index (κ3) is 2.35. The standard InChI is InChI=1S/C19H14F3N5O/c1-9-6-14(28)15(11-4-5-25-16(9)11)18(24,19(20,21)22)17-26-12-3-2-10(8-23)7-13(12)27-17/h2-7,25,28H,24H2,1H3,(H,26,27). The zero-order chi connectivity index (χ0) is 20.3. The number of nitrogens with one attached hydrogen (secondary N) is 2. The molecule has 0 aliphatic carbocycles. The highest BCUT2D eigenvalue weighted by Crippen LogP contribution is 2.47. The Morgan fingerprint density at radius 2 is 1.96 bits per heavy atom. The van der Waals surface area contributed by atoms with Gasteiger partial charge in [0.1, 0.15) is 11.6 Å². The highest BCUT2D eigenvalue weighted by Gasteiger charge is 2.58. The number of alkyl halides is 3. The maximum Gasteiger partial charge on any atom is 0.418 e. The van der Waals surface area contributed by atoms with Crippen LogP contribution in [0.25, 0.3) is 21.9 Å². The number of halogens is 3. The average molecular weight is 385 g/mol. The minimum Gasteiger partial charge on any atom is -0.508 e. The Morgan fingerprint density at radius 1 is 1.21 bits per heavy atom. The summed E-state index contributed by atoms with van der Waals surface area (Å²) in [5.74, 6) is -1.16. The van der Waals surface area contributed by atoms with Crippen LogP contribution in [0.5, 0.6) is 5.75 Å². The van der Waals surface area contributed by atoms with Gasteiger partial charge < -0.3 is 20.8 Å². The van der Waals surface area contributed by atoms with Crippen molar-refractivity contribution in [1.29, 1.82) is 5.26 Å². The third-order valence-corrected chi connectivity index (χ3v) is 4.85. The Kier molecular flexibility index (Phi) is 3.67. The quantitative estimate of drug-likeness (QED) is 0.421. The van der Waals surface area contributed by atoms with E-state index >= 15 is 0 Å². The Hall–Kier alpha value is -3.51. The van der Waals surface area contributed by atoms with Crippen molar-refractivity contribution >= 4 is 21.9 Å². The summed E-state index contributed by atoms with van der Waals surface area (Å²) < 4.78 is 42.9. The molecule has 4 rings (SSSR count). The van der Waals surface area contributed by atoms with E-state index in [2.05, 4.69) is 15.0 Å². The minimum atomic E-state index is -4.98. The van der Waals surface area contributed by atoms with Gasteiger partial charge in [0.15, 0.2) is 0 Å². The van der Waals surface area contributed by atoms with Gasteiger partial charge in [0, 0.05) is 22.7 Å². The van der Waals surface area contributed by atoms with Crippen LogP contribution < -0.4 is 5.73 Å². The van der Waals surface area contributed by atoms with Crippen molar-refractivity contribution in [2.24, 2.45) is 5.73 Å². The van der Waals surface area contributed by atoms with Gasteiger partial charge in [-0.2, -0.15) is 18.4 Å². The van der Waals surface area contributed by atoms with Gasteiger partial charge in [-0.15, -0.1) is 0 Å². The first-order chi connectivity index (χ1) is 13.2. The number of aromatic hydroxyl groups is 1. The van der Waals surface area contributed by atoms with Gasteiger partial charge in [0.2, 0.25) is 5.54 Å². The van der Waals surface area contributed by atoms with E-state index in [1.54, 1.807) is 6.92 Å². The fourth-order valence-electron chi connectivity index (χ4n) is 3.47. The van der Waals surface area contributed by atoms with Crippen molar-refractivity contribution in [2.75, 3.05) is 0 Å². The third-order valence-electron chi connectivity index (χ3n) is 4.85. The highest BCUT2D eigenvalue weighted by atomic mass is 19.4. The zero-order valence-corrected chi connectivity index (χ0v) is 14.5. The van der Waals surface area contributed by atoms with Crippen LogP contribution in [0, 0.1) is 18.3 Å². The lowest BCUT2D eigenvalue weighted by Gasteiger charge is -2.31. The van der Waals surface area contributed by atoms with E-state index in [0.717, 1.165) is 0 Å². The lowest BCUT2D eigenvalue weighted by Crippen LogP contribution is -2.52. The molecule has 1 unspecified atom stereocenters. The van der Waals surface area contributed by atoms with Gasteiger partial charge >= 0.3 is 6.18 Å². The van der Waals surface area contributed by atoms with Gasteiger partial charge in [-0.3, -0.25) is 0 Å². The number of nitrogens with two attached hydrogens (primary N) is 1. The van der Waals surface area contributed by atoms with Gasteiger partial charge in [-0.1, -0.05) is 0 Å². The van der Waals surface area contributed by atoms with Crippen LogP contribution in [0.4, 0.5) is 13.2 Å². The topological polar surface area (TPSA) is 115 Å². The molecule has 28 heavy (non-hydrogen) atoms. The van der Waals surface area contributed by atoms with Crippen molar-refractivity contribution in [2.45, 2.75) is 18.6 Å². The molecule has 2 aromatic carbocycles.